The topological polar surface area (TPSA) is 50.7 Å². The van der Waals surface area contributed by atoms with Gasteiger partial charge in [0.15, 0.2) is 0 Å². The number of amides is 1. The Bertz CT molecular complexity index is 612. The van der Waals surface area contributed by atoms with E-state index in [-0.39, 0.29) is 11.1 Å². The van der Waals surface area contributed by atoms with Crippen molar-refractivity contribution in [2.45, 2.75) is 0 Å². The molecule has 2 aromatic carbocycles. The minimum atomic E-state index is -0.328. The van der Waals surface area contributed by atoms with E-state index in [0.717, 1.165) is 5.56 Å². The molecule has 2 rings (SSSR count). The predicted molar refractivity (Wildman–Crippen MR) is 81.6 cm³/mol. The molecule has 0 fully saturated rings. The van der Waals surface area contributed by atoms with Crippen LogP contribution in [0.25, 0.3) is 0 Å². The zero-order chi connectivity index (χ0) is 14.2. The number of benzene rings is 2. The summed E-state index contributed by atoms with van der Waals surface area (Å²) in [6.07, 6.45) is 1.51. The highest BCUT2D eigenvalue weighted by Crippen LogP contribution is 1.98. The van der Waals surface area contributed by atoms with Crippen LogP contribution < -0.4 is 5.32 Å². The van der Waals surface area contributed by atoms with Gasteiger partial charge < -0.3 is 4.84 Å². The first-order valence-corrected chi connectivity index (χ1v) is 6.32. The van der Waals surface area contributed by atoms with Crippen LogP contribution in [-0.4, -0.2) is 17.3 Å². The fourth-order valence-electron chi connectivity index (χ4n) is 1.45. The van der Waals surface area contributed by atoms with E-state index in [4.69, 9.17) is 17.1 Å². The summed E-state index contributed by atoms with van der Waals surface area (Å²) in [6.45, 7) is 0. The molecule has 1 amide bonds. The molecule has 0 bridgehead atoms. The number of nitrogens with zero attached hydrogens (tertiary/aromatic N) is 1. The monoisotopic (exact) mass is 284 g/mol. The van der Waals surface area contributed by atoms with E-state index in [2.05, 4.69) is 10.5 Å². The third kappa shape index (κ3) is 4.29. The molecule has 0 saturated heterocycles. The number of hydrogen-bond acceptors (Lipinski definition) is 4. The summed E-state index contributed by atoms with van der Waals surface area (Å²) in [7, 11) is 0. The van der Waals surface area contributed by atoms with Gasteiger partial charge in [-0.05, 0) is 29.9 Å². The molecule has 4 nitrogen and oxygen atoms in total. The number of carbonyl (C=O) groups is 1. The van der Waals surface area contributed by atoms with Crippen molar-refractivity contribution in [3.63, 3.8) is 0 Å². The summed E-state index contributed by atoms with van der Waals surface area (Å²) < 4.78 is 0. The van der Waals surface area contributed by atoms with Crippen molar-refractivity contribution in [1.29, 1.82) is 0 Å². The smallest absolute Gasteiger partial charge is 0.296 e. The van der Waals surface area contributed by atoms with Gasteiger partial charge in [-0.1, -0.05) is 53.7 Å². The van der Waals surface area contributed by atoms with Crippen molar-refractivity contribution in [2.24, 2.45) is 5.16 Å². The molecule has 0 heterocycles. The van der Waals surface area contributed by atoms with Gasteiger partial charge in [-0.2, -0.15) is 0 Å². The van der Waals surface area contributed by atoms with E-state index in [1.54, 1.807) is 24.3 Å². The zero-order valence-corrected chi connectivity index (χ0v) is 11.3. The molecule has 0 atom stereocenters. The number of thiocarbonyl (C=S) groups is 1. The van der Waals surface area contributed by atoms with Crippen LogP contribution in [0.4, 0.5) is 0 Å². The first-order valence-electron chi connectivity index (χ1n) is 5.91. The van der Waals surface area contributed by atoms with Gasteiger partial charge >= 0.3 is 0 Å². The lowest BCUT2D eigenvalue weighted by molar-refractivity contribution is 0.0968. The molecule has 20 heavy (non-hydrogen) atoms. The first kappa shape index (κ1) is 13.9. The van der Waals surface area contributed by atoms with Gasteiger partial charge in [0.25, 0.3) is 11.1 Å². The van der Waals surface area contributed by atoms with Crippen molar-refractivity contribution < 1.29 is 9.63 Å². The van der Waals surface area contributed by atoms with E-state index < -0.39 is 0 Å². The summed E-state index contributed by atoms with van der Waals surface area (Å²) in [5.41, 5.74) is 1.38. The summed E-state index contributed by atoms with van der Waals surface area (Å²) in [5, 5.41) is 6.05. The molecule has 0 spiro atoms. The predicted octanol–water partition coefficient (Wildman–Crippen LogP) is 2.75. The average Bonchev–Trinajstić information content (AvgIpc) is 2.49. The lowest BCUT2D eigenvalue weighted by Gasteiger charge is -2.03. The van der Waals surface area contributed by atoms with Crippen molar-refractivity contribution >= 4 is 29.5 Å². The molecule has 0 aliphatic carbocycles. The van der Waals surface area contributed by atoms with Crippen molar-refractivity contribution in [1.82, 2.24) is 5.32 Å². The molecule has 100 valence electrons. The molecule has 0 aromatic heterocycles. The van der Waals surface area contributed by atoms with E-state index in [1.165, 1.54) is 6.21 Å². The Morgan fingerprint density at radius 1 is 1.05 bits per heavy atom. The van der Waals surface area contributed by atoms with E-state index in [1.807, 2.05) is 36.4 Å². The molecule has 0 unspecified atom stereocenters. The molecule has 1 N–H and O–H groups in total. The highest BCUT2D eigenvalue weighted by molar-refractivity contribution is 7.80. The van der Waals surface area contributed by atoms with Crippen LogP contribution in [0.15, 0.2) is 65.8 Å². The Labute approximate surface area is 122 Å². The van der Waals surface area contributed by atoms with E-state index in [9.17, 15) is 4.79 Å². The summed E-state index contributed by atoms with van der Waals surface area (Å²) in [4.78, 5) is 16.7. The second-order valence-corrected chi connectivity index (χ2v) is 4.21. The maximum Gasteiger partial charge on any atom is 0.296 e. The molecular formula is C15H12N2O2S. The maximum absolute atomic E-state index is 11.8. The Balaban J connectivity index is 1.84. The SMILES string of the molecule is O=C(NC(=S)O/N=C/c1ccccc1)c1ccccc1. The summed E-state index contributed by atoms with van der Waals surface area (Å²) in [5.74, 6) is -0.328. The summed E-state index contributed by atoms with van der Waals surface area (Å²) >= 11 is 4.88. The Morgan fingerprint density at radius 2 is 1.65 bits per heavy atom. The van der Waals surface area contributed by atoms with Gasteiger partial charge in [0.1, 0.15) is 0 Å². The van der Waals surface area contributed by atoms with Crippen LogP contribution in [0.3, 0.4) is 0 Å². The van der Waals surface area contributed by atoms with Crippen LogP contribution in [0.2, 0.25) is 0 Å². The third-order valence-electron chi connectivity index (χ3n) is 2.39. The lowest BCUT2D eigenvalue weighted by atomic mass is 10.2. The number of carbonyl (C=O) groups excluding carboxylic acids is 1. The van der Waals surface area contributed by atoms with Crippen LogP contribution in [0.5, 0.6) is 0 Å². The quantitative estimate of drug-likeness (QED) is 0.535. The van der Waals surface area contributed by atoms with Crippen molar-refractivity contribution in [3.05, 3.63) is 71.8 Å². The molecular weight excluding hydrogens is 272 g/mol. The van der Waals surface area contributed by atoms with Gasteiger partial charge in [0.2, 0.25) is 0 Å². The Morgan fingerprint density at radius 3 is 2.30 bits per heavy atom. The molecule has 2 aromatic rings. The number of rotatable bonds is 3. The van der Waals surface area contributed by atoms with Crippen LogP contribution in [0.1, 0.15) is 15.9 Å². The van der Waals surface area contributed by atoms with Crippen molar-refractivity contribution in [3.8, 4) is 0 Å². The minimum Gasteiger partial charge on any atom is -0.326 e. The fourth-order valence-corrected chi connectivity index (χ4v) is 1.59. The Hall–Kier alpha value is -2.53. The fraction of sp³-hybridized carbons (Fsp3) is 0. The minimum absolute atomic E-state index is 0.0916. The molecule has 0 saturated carbocycles. The van der Waals surface area contributed by atoms with Gasteiger partial charge in [-0.15, -0.1) is 0 Å². The normalized spacial score (nSPS) is 10.2. The number of nitrogens with one attached hydrogen (secondary N) is 1. The number of hydrogen-bond donors (Lipinski definition) is 1. The second-order valence-electron chi connectivity index (χ2n) is 3.84. The lowest BCUT2D eigenvalue weighted by Crippen LogP contribution is -2.29. The summed E-state index contributed by atoms with van der Waals surface area (Å²) in [6, 6.07) is 18.2. The first-order chi connectivity index (χ1) is 9.75. The van der Waals surface area contributed by atoms with Crippen LogP contribution in [0, 0.1) is 0 Å². The van der Waals surface area contributed by atoms with Gasteiger partial charge in [0.05, 0.1) is 6.21 Å². The standard InChI is InChI=1S/C15H12N2O2S/c18-14(13-9-5-2-6-10-13)17-15(20)19-16-11-12-7-3-1-4-8-12/h1-11H,(H,17,18,20)/b16-11+. The Kier molecular flexibility index (Phi) is 4.97. The van der Waals surface area contributed by atoms with Crippen LogP contribution in [-0.2, 0) is 4.84 Å². The average molecular weight is 284 g/mol. The van der Waals surface area contributed by atoms with Gasteiger partial charge in [0, 0.05) is 5.56 Å². The number of oxime groups is 1. The highest BCUT2D eigenvalue weighted by Gasteiger charge is 2.07. The molecule has 0 radical (unpaired) electrons. The van der Waals surface area contributed by atoms with Gasteiger partial charge in [-0.25, -0.2) is 0 Å². The molecule has 0 aliphatic rings. The van der Waals surface area contributed by atoms with E-state index in [0.29, 0.717) is 5.56 Å². The highest BCUT2D eigenvalue weighted by atomic mass is 32.1. The van der Waals surface area contributed by atoms with Crippen molar-refractivity contribution in [2.75, 3.05) is 0 Å². The molecule has 0 aliphatic heterocycles. The van der Waals surface area contributed by atoms with Crippen LogP contribution >= 0.6 is 12.2 Å². The second kappa shape index (κ2) is 7.16. The third-order valence-corrected chi connectivity index (χ3v) is 2.57. The maximum atomic E-state index is 11.8. The largest absolute Gasteiger partial charge is 0.326 e. The zero-order valence-electron chi connectivity index (χ0n) is 10.5. The molecule has 5 heteroatoms. The van der Waals surface area contributed by atoms with E-state index >= 15 is 0 Å². The van der Waals surface area contributed by atoms with Gasteiger partial charge in [-0.3, -0.25) is 10.1 Å².